The fourth-order valence-corrected chi connectivity index (χ4v) is 8.36. The summed E-state index contributed by atoms with van der Waals surface area (Å²) in [5.41, 5.74) is 1.53. The van der Waals surface area contributed by atoms with E-state index in [-0.39, 0.29) is 55.0 Å². The lowest BCUT2D eigenvalue weighted by atomic mass is 9.80. The molecule has 0 aliphatic heterocycles. The van der Waals surface area contributed by atoms with Gasteiger partial charge in [-0.2, -0.15) is 0 Å². The monoisotopic (exact) mass is 728 g/mol. The molecule has 1 fully saturated rings. The quantitative estimate of drug-likeness (QED) is 0.115. The third-order valence-electron chi connectivity index (χ3n) is 10.5. The molecule has 2 amide bonds. The molecular weight excluding hydrogens is 665 g/mol. The summed E-state index contributed by atoms with van der Waals surface area (Å²) in [5.74, 6) is -2.83. The summed E-state index contributed by atoms with van der Waals surface area (Å²) < 4.78 is 25.8. The zero-order valence-corrected chi connectivity index (χ0v) is 32.6. The Morgan fingerprint density at radius 3 is 2.27 bits per heavy atom. The number of aromatic nitrogens is 2. The number of Topliss-reactive ketones (excluding diaryl/α,β-unsaturated/α-hetero) is 1. The van der Waals surface area contributed by atoms with Crippen LogP contribution in [0.1, 0.15) is 117 Å². The lowest BCUT2D eigenvalue weighted by Crippen LogP contribution is -2.49. The number of benzene rings is 1. The second kappa shape index (κ2) is 20.3. The zero-order valence-electron chi connectivity index (χ0n) is 31.8. The van der Waals surface area contributed by atoms with Gasteiger partial charge in [-0.25, -0.2) is 13.4 Å². The van der Waals surface area contributed by atoms with E-state index in [9.17, 15) is 27.9 Å². The number of aromatic amines is 1. The van der Waals surface area contributed by atoms with Crippen LogP contribution < -0.4 is 10.6 Å². The largest absolute Gasteiger partial charge is 0.391 e. The maximum Gasteiger partial charge on any atom is 0.224 e. The topological polar surface area (TPSA) is 158 Å². The Morgan fingerprint density at radius 2 is 1.69 bits per heavy atom. The summed E-state index contributed by atoms with van der Waals surface area (Å²) in [7, 11) is -3.65. The number of carbonyl (C=O) groups is 3. The SMILES string of the molecule is CCCCNC(=O)[C@@H](C[C@H](O)[C@H](CC1CCCCC1)NC(=O)[C@@H](CC(=O)[C@H](Cc1ccccc1)CS(=O)(=O)C(C)(C)C)Cc1cnc[nH]1)C(C)C. The molecule has 0 saturated heterocycles. The zero-order chi connectivity index (χ0) is 37.6. The number of sulfone groups is 1. The van der Waals surface area contributed by atoms with Crippen molar-refractivity contribution in [3.05, 3.63) is 54.1 Å². The summed E-state index contributed by atoms with van der Waals surface area (Å²) in [4.78, 5) is 48.8. The first-order valence-corrected chi connectivity index (χ1v) is 20.8. The third-order valence-corrected chi connectivity index (χ3v) is 13.3. The number of ketones is 1. The molecule has 3 rings (SSSR count). The molecule has 286 valence electrons. The van der Waals surface area contributed by atoms with E-state index in [2.05, 4.69) is 27.5 Å². The van der Waals surface area contributed by atoms with Gasteiger partial charge < -0.3 is 20.7 Å². The fourth-order valence-electron chi connectivity index (χ4n) is 7.03. The van der Waals surface area contributed by atoms with Gasteiger partial charge in [-0.15, -0.1) is 0 Å². The van der Waals surface area contributed by atoms with E-state index in [1.54, 1.807) is 27.0 Å². The van der Waals surface area contributed by atoms with Crippen LogP contribution in [-0.2, 0) is 37.1 Å². The summed E-state index contributed by atoms with van der Waals surface area (Å²) in [6.07, 6.45) is 10.5. The maximum atomic E-state index is 14.3. The number of hydrogen-bond donors (Lipinski definition) is 4. The minimum Gasteiger partial charge on any atom is -0.391 e. The molecule has 51 heavy (non-hydrogen) atoms. The maximum absolute atomic E-state index is 14.3. The Kier molecular flexibility index (Phi) is 16.8. The van der Waals surface area contributed by atoms with Crippen molar-refractivity contribution in [1.82, 2.24) is 20.6 Å². The lowest BCUT2D eigenvalue weighted by molar-refractivity contribution is -0.132. The molecule has 1 aliphatic carbocycles. The van der Waals surface area contributed by atoms with Gasteiger partial charge in [-0.05, 0) is 63.9 Å². The van der Waals surface area contributed by atoms with Crippen LogP contribution in [0.4, 0.5) is 0 Å². The Bertz CT molecular complexity index is 1450. The Balaban J connectivity index is 1.89. The number of carbonyl (C=O) groups excluding carboxylic acids is 3. The van der Waals surface area contributed by atoms with Gasteiger partial charge in [0, 0.05) is 43.1 Å². The van der Waals surface area contributed by atoms with Crippen LogP contribution >= 0.6 is 0 Å². The molecule has 1 aliphatic rings. The normalized spacial score (nSPS) is 17.3. The summed E-state index contributed by atoms with van der Waals surface area (Å²) in [6, 6.07) is 8.75. The van der Waals surface area contributed by atoms with Crippen molar-refractivity contribution in [2.24, 2.45) is 29.6 Å². The molecule has 4 N–H and O–H groups in total. The van der Waals surface area contributed by atoms with Gasteiger partial charge in [-0.1, -0.05) is 89.6 Å². The highest BCUT2D eigenvalue weighted by Crippen LogP contribution is 2.31. The van der Waals surface area contributed by atoms with Gasteiger partial charge >= 0.3 is 0 Å². The minimum absolute atomic E-state index is 0.0102. The molecule has 2 aromatic rings. The van der Waals surface area contributed by atoms with E-state index in [4.69, 9.17) is 0 Å². The Hall–Kier alpha value is -3.05. The van der Waals surface area contributed by atoms with Crippen LogP contribution in [0, 0.1) is 29.6 Å². The van der Waals surface area contributed by atoms with Crippen molar-refractivity contribution < 1.29 is 27.9 Å². The lowest BCUT2D eigenvalue weighted by Gasteiger charge is -2.33. The van der Waals surface area contributed by atoms with Crippen molar-refractivity contribution in [3.8, 4) is 0 Å². The van der Waals surface area contributed by atoms with Crippen LogP contribution in [0.2, 0.25) is 0 Å². The first kappa shape index (κ1) is 42.4. The van der Waals surface area contributed by atoms with Gasteiger partial charge in [-0.3, -0.25) is 14.4 Å². The average Bonchev–Trinajstić information content (AvgIpc) is 3.59. The van der Waals surface area contributed by atoms with Crippen LogP contribution in [0.25, 0.3) is 0 Å². The Morgan fingerprint density at radius 1 is 1.00 bits per heavy atom. The highest BCUT2D eigenvalue weighted by molar-refractivity contribution is 7.92. The van der Waals surface area contributed by atoms with Crippen molar-refractivity contribution in [2.75, 3.05) is 12.3 Å². The number of hydrogen-bond acceptors (Lipinski definition) is 7. The van der Waals surface area contributed by atoms with E-state index >= 15 is 0 Å². The highest BCUT2D eigenvalue weighted by Gasteiger charge is 2.37. The summed E-state index contributed by atoms with van der Waals surface area (Å²) in [5, 5.41) is 17.9. The number of H-pyrrole nitrogens is 1. The number of rotatable bonds is 21. The average molecular weight is 729 g/mol. The molecule has 0 bridgehead atoms. The van der Waals surface area contributed by atoms with Gasteiger partial charge in [0.15, 0.2) is 9.84 Å². The number of aliphatic hydroxyl groups excluding tert-OH is 1. The predicted octanol–water partition coefficient (Wildman–Crippen LogP) is 5.99. The number of amides is 2. The third kappa shape index (κ3) is 13.8. The highest BCUT2D eigenvalue weighted by atomic mass is 32.2. The van der Waals surface area contributed by atoms with Crippen molar-refractivity contribution in [1.29, 1.82) is 0 Å². The van der Waals surface area contributed by atoms with Crippen LogP contribution in [0.3, 0.4) is 0 Å². The number of imidazole rings is 1. The first-order chi connectivity index (χ1) is 24.1. The van der Waals surface area contributed by atoms with Crippen LogP contribution in [-0.4, -0.2) is 70.3 Å². The molecule has 5 atom stereocenters. The van der Waals surface area contributed by atoms with Crippen LogP contribution in [0.5, 0.6) is 0 Å². The fraction of sp³-hybridized carbons (Fsp3) is 0.700. The smallest absolute Gasteiger partial charge is 0.224 e. The number of aliphatic hydroxyl groups is 1. The van der Waals surface area contributed by atoms with Gasteiger partial charge in [0.05, 0.1) is 34.9 Å². The first-order valence-electron chi connectivity index (χ1n) is 19.1. The van der Waals surface area contributed by atoms with Crippen molar-refractivity contribution in [2.45, 2.75) is 135 Å². The minimum atomic E-state index is -3.65. The van der Waals surface area contributed by atoms with Gasteiger partial charge in [0.1, 0.15) is 5.78 Å². The molecule has 10 nitrogen and oxygen atoms in total. The number of unbranched alkanes of at least 4 members (excludes halogenated alkanes) is 1. The molecule has 1 aromatic carbocycles. The standard InChI is InChI=1S/C40H64N4O6S/c1-7-8-19-42-39(48)34(28(2)3)24-37(46)35(21-30-17-13-10-14-18-30)44-38(47)31(22-33-25-41-27-43-33)23-36(45)32(20-29-15-11-9-12-16-29)26-51(49,50)40(4,5)6/h9,11-12,15-16,25,27-28,30-32,34-35,37,46H,7-8,10,13-14,17-24,26H2,1-6H3,(H,41,43)(H,42,48)(H,44,47)/t31-,32-,34+,35+,37+/m1/s1. The predicted molar refractivity (Wildman–Crippen MR) is 203 cm³/mol. The van der Waals surface area contributed by atoms with Crippen molar-refractivity contribution >= 4 is 27.4 Å². The molecule has 1 aromatic heterocycles. The molecular formula is C40H64N4O6S. The molecule has 0 spiro atoms. The van der Waals surface area contributed by atoms with Gasteiger partial charge in [0.2, 0.25) is 11.8 Å². The van der Waals surface area contributed by atoms with E-state index in [1.165, 1.54) is 12.7 Å². The molecule has 0 unspecified atom stereocenters. The van der Waals surface area contributed by atoms with Gasteiger partial charge in [0.25, 0.3) is 0 Å². The molecule has 0 radical (unpaired) electrons. The molecule has 1 saturated carbocycles. The second-order valence-electron chi connectivity index (χ2n) is 16.1. The van der Waals surface area contributed by atoms with E-state index in [0.29, 0.717) is 24.6 Å². The van der Waals surface area contributed by atoms with E-state index < -0.39 is 44.5 Å². The second-order valence-corrected chi connectivity index (χ2v) is 18.9. The number of nitrogens with one attached hydrogen (secondary N) is 3. The van der Waals surface area contributed by atoms with E-state index in [1.807, 2.05) is 44.2 Å². The number of nitrogens with zero attached hydrogens (tertiary/aromatic N) is 1. The van der Waals surface area contributed by atoms with Crippen molar-refractivity contribution in [3.63, 3.8) is 0 Å². The summed E-state index contributed by atoms with van der Waals surface area (Å²) >= 11 is 0. The van der Waals surface area contributed by atoms with Crippen LogP contribution in [0.15, 0.2) is 42.9 Å². The Labute approximate surface area is 306 Å². The molecule has 1 heterocycles. The van der Waals surface area contributed by atoms with E-state index in [0.717, 1.165) is 44.1 Å². The summed E-state index contributed by atoms with van der Waals surface area (Å²) in [6.45, 7) is 11.5. The molecule has 11 heteroatoms.